The van der Waals surface area contributed by atoms with Crippen LogP contribution in [-0.2, 0) is 0 Å². The first-order valence-electron chi connectivity index (χ1n) is 5.96. The number of ketones is 1. The van der Waals surface area contributed by atoms with Crippen LogP contribution >= 0.6 is 11.3 Å². The molecule has 0 aliphatic carbocycles. The molecule has 1 aromatic heterocycles. The number of hydrogen-bond acceptors (Lipinski definition) is 5. The number of phenolic OH excluding ortho intramolecular Hbond substituents is 1. The van der Waals surface area contributed by atoms with Crippen molar-refractivity contribution >= 4 is 27.3 Å². The molecule has 5 heteroatoms. The standard InChI is InChI=1S/C15H11NO3S/c1-19-11-3-2-4-12-13(11)16-15(20-12)14(18)9-5-7-10(17)8-6-9/h2-8,17H,1H3. The Hall–Kier alpha value is -2.40. The second kappa shape index (κ2) is 4.94. The summed E-state index contributed by atoms with van der Waals surface area (Å²) in [7, 11) is 1.58. The zero-order valence-corrected chi connectivity index (χ0v) is 11.5. The van der Waals surface area contributed by atoms with Gasteiger partial charge in [-0.3, -0.25) is 4.79 Å². The highest BCUT2D eigenvalue weighted by atomic mass is 32.1. The number of phenols is 1. The number of thiazole rings is 1. The Morgan fingerprint density at radius 2 is 1.95 bits per heavy atom. The predicted octanol–water partition coefficient (Wildman–Crippen LogP) is 3.24. The molecule has 2 aromatic carbocycles. The summed E-state index contributed by atoms with van der Waals surface area (Å²) in [6.07, 6.45) is 0. The topological polar surface area (TPSA) is 59.4 Å². The van der Waals surface area contributed by atoms with Gasteiger partial charge < -0.3 is 9.84 Å². The van der Waals surface area contributed by atoms with E-state index in [0.717, 1.165) is 4.70 Å². The first-order valence-corrected chi connectivity index (χ1v) is 6.78. The fraction of sp³-hybridized carbons (Fsp3) is 0.0667. The van der Waals surface area contributed by atoms with Gasteiger partial charge in [-0.25, -0.2) is 4.98 Å². The highest BCUT2D eigenvalue weighted by molar-refractivity contribution is 7.20. The molecule has 0 bridgehead atoms. The lowest BCUT2D eigenvalue weighted by molar-refractivity contribution is 0.103. The monoisotopic (exact) mass is 285 g/mol. The van der Waals surface area contributed by atoms with E-state index in [0.29, 0.717) is 21.8 Å². The lowest BCUT2D eigenvalue weighted by Gasteiger charge is -1.98. The molecule has 4 nitrogen and oxygen atoms in total. The Kier molecular flexibility index (Phi) is 3.12. The van der Waals surface area contributed by atoms with E-state index in [1.54, 1.807) is 19.2 Å². The lowest BCUT2D eigenvalue weighted by Crippen LogP contribution is -1.99. The Labute approximate surface area is 119 Å². The van der Waals surface area contributed by atoms with E-state index < -0.39 is 0 Å². The molecule has 0 radical (unpaired) electrons. The number of ether oxygens (including phenoxy) is 1. The number of aromatic nitrogens is 1. The quantitative estimate of drug-likeness (QED) is 0.750. The second-order valence-electron chi connectivity index (χ2n) is 4.20. The van der Waals surface area contributed by atoms with E-state index in [2.05, 4.69) is 4.98 Å². The number of aromatic hydroxyl groups is 1. The Morgan fingerprint density at radius 1 is 1.20 bits per heavy atom. The molecule has 1 heterocycles. The molecule has 3 rings (SSSR count). The second-order valence-corrected chi connectivity index (χ2v) is 5.23. The van der Waals surface area contributed by atoms with Crippen LogP contribution in [0.4, 0.5) is 0 Å². The first-order chi connectivity index (χ1) is 9.69. The van der Waals surface area contributed by atoms with E-state index >= 15 is 0 Å². The van der Waals surface area contributed by atoms with Crippen LogP contribution in [-0.4, -0.2) is 23.0 Å². The average molecular weight is 285 g/mol. The zero-order valence-electron chi connectivity index (χ0n) is 10.7. The number of hydrogen-bond donors (Lipinski definition) is 1. The third-order valence-corrected chi connectivity index (χ3v) is 3.94. The van der Waals surface area contributed by atoms with Crippen molar-refractivity contribution in [3.05, 3.63) is 53.0 Å². The minimum absolute atomic E-state index is 0.132. The molecule has 0 aliphatic heterocycles. The summed E-state index contributed by atoms with van der Waals surface area (Å²) in [5.74, 6) is 0.629. The van der Waals surface area contributed by atoms with Gasteiger partial charge in [0.2, 0.25) is 5.78 Å². The molecule has 0 amide bonds. The highest BCUT2D eigenvalue weighted by Gasteiger charge is 2.16. The van der Waals surface area contributed by atoms with Crippen molar-refractivity contribution in [2.24, 2.45) is 0 Å². The molecule has 3 aromatic rings. The summed E-state index contributed by atoms with van der Waals surface area (Å²) in [6.45, 7) is 0. The summed E-state index contributed by atoms with van der Waals surface area (Å²) in [5, 5.41) is 9.66. The van der Waals surface area contributed by atoms with Crippen molar-refractivity contribution < 1.29 is 14.6 Å². The van der Waals surface area contributed by atoms with Crippen molar-refractivity contribution in [1.82, 2.24) is 4.98 Å². The Morgan fingerprint density at radius 3 is 2.65 bits per heavy atom. The molecule has 1 N–H and O–H groups in total. The number of fused-ring (bicyclic) bond motifs is 1. The molecule has 20 heavy (non-hydrogen) atoms. The smallest absolute Gasteiger partial charge is 0.221 e. The van der Waals surface area contributed by atoms with Crippen molar-refractivity contribution in [2.75, 3.05) is 7.11 Å². The lowest BCUT2D eigenvalue weighted by atomic mass is 10.1. The van der Waals surface area contributed by atoms with Gasteiger partial charge in [-0.2, -0.15) is 0 Å². The summed E-state index contributed by atoms with van der Waals surface area (Å²) in [6, 6.07) is 11.7. The van der Waals surface area contributed by atoms with Crippen LogP contribution in [0.1, 0.15) is 15.4 Å². The fourth-order valence-corrected chi connectivity index (χ4v) is 2.87. The van der Waals surface area contributed by atoms with E-state index in [4.69, 9.17) is 4.74 Å². The normalized spacial score (nSPS) is 10.7. The maximum Gasteiger partial charge on any atom is 0.221 e. The van der Waals surface area contributed by atoms with Crippen molar-refractivity contribution in [1.29, 1.82) is 0 Å². The molecule has 0 saturated heterocycles. The number of rotatable bonds is 3. The van der Waals surface area contributed by atoms with E-state index in [1.807, 2.05) is 18.2 Å². The van der Waals surface area contributed by atoms with Gasteiger partial charge in [-0.15, -0.1) is 11.3 Å². The average Bonchev–Trinajstić information content (AvgIpc) is 2.91. The van der Waals surface area contributed by atoms with Crippen LogP contribution in [0.3, 0.4) is 0 Å². The third-order valence-electron chi connectivity index (χ3n) is 2.93. The van der Waals surface area contributed by atoms with Crippen LogP contribution < -0.4 is 4.74 Å². The van der Waals surface area contributed by atoms with Crippen molar-refractivity contribution in [2.45, 2.75) is 0 Å². The Bertz CT molecular complexity index is 777. The fourth-order valence-electron chi connectivity index (χ4n) is 1.92. The minimum atomic E-state index is -0.159. The Balaban J connectivity index is 2.06. The van der Waals surface area contributed by atoms with Gasteiger partial charge >= 0.3 is 0 Å². The maximum absolute atomic E-state index is 12.4. The number of para-hydroxylation sites is 1. The largest absolute Gasteiger partial charge is 0.508 e. The molecular formula is C15H11NO3S. The predicted molar refractivity (Wildman–Crippen MR) is 77.7 cm³/mol. The maximum atomic E-state index is 12.4. The summed E-state index contributed by atoms with van der Waals surface area (Å²) in [5.41, 5.74) is 1.20. The number of carbonyl (C=O) groups is 1. The molecule has 0 saturated carbocycles. The molecule has 0 unspecified atom stereocenters. The molecule has 0 atom stereocenters. The van der Waals surface area contributed by atoms with Crippen LogP contribution in [0.2, 0.25) is 0 Å². The van der Waals surface area contributed by atoms with Gasteiger partial charge in [0.25, 0.3) is 0 Å². The van der Waals surface area contributed by atoms with Gasteiger partial charge in [0.05, 0.1) is 11.8 Å². The number of benzene rings is 2. The van der Waals surface area contributed by atoms with Crippen LogP contribution in [0, 0.1) is 0 Å². The van der Waals surface area contributed by atoms with Crippen LogP contribution in [0.15, 0.2) is 42.5 Å². The summed E-state index contributed by atoms with van der Waals surface area (Å²) >= 11 is 1.33. The zero-order chi connectivity index (χ0) is 14.1. The highest BCUT2D eigenvalue weighted by Crippen LogP contribution is 2.30. The van der Waals surface area contributed by atoms with E-state index in [1.165, 1.54) is 23.5 Å². The molecule has 0 spiro atoms. The van der Waals surface area contributed by atoms with Gasteiger partial charge in [-0.1, -0.05) is 6.07 Å². The molecule has 0 aliphatic rings. The van der Waals surface area contributed by atoms with Gasteiger partial charge in [0.15, 0.2) is 5.01 Å². The summed E-state index contributed by atoms with van der Waals surface area (Å²) < 4.78 is 6.15. The SMILES string of the molecule is COc1cccc2sc(C(=O)c3ccc(O)cc3)nc12. The van der Waals surface area contributed by atoms with Gasteiger partial charge in [0, 0.05) is 5.56 Å². The number of carbonyl (C=O) groups excluding carboxylic acids is 1. The van der Waals surface area contributed by atoms with Crippen molar-refractivity contribution in [3.8, 4) is 11.5 Å². The summed E-state index contributed by atoms with van der Waals surface area (Å²) in [4.78, 5) is 16.7. The van der Waals surface area contributed by atoms with Crippen LogP contribution in [0.25, 0.3) is 10.2 Å². The molecular weight excluding hydrogens is 274 g/mol. The third kappa shape index (κ3) is 2.12. The van der Waals surface area contributed by atoms with E-state index in [9.17, 15) is 9.90 Å². The van der Waals surface area contributed by atoms with E-state index in [-0.39, 0.29) is 11.5 Å². The van der Waals surface area contributed by atoms with Gasteiger partial charge in [-0.05, 0) is 36.4 Å². The van der Waals surface area contributed by atoms with Gasteiger partial charge in [0.1, 0.15) is 17.0 Å². The van der Waals surface area contributed by atoms with Crippen molar-refractivity contribution in [3.63, 3.8) is 0 Å². The molecule has 100 valence electrons. The number of methoxy groups -OCH3 is 1. The van der Waals surface area contributed by atoms with Crippen LogP contribution in [0.5, 0.6) is 11.5 Å². The number of nitrogens with zero attached hydrogens (tertiary/aromatic N) is 1. The molecule has 0 fully saturated rings. The first kappa shape index (κ1) is 12.6. The minimum Gasteiger partial charge on any atom is -0.508 e.